The Morgan fingerprint density at radius 2 is 2.07 bits per heavy atom. The van der Waals surface area contributed by atoms with Crippen molar-refractivity contribution < 1.29 is 9.53 Å². The summed E-state index contributed by atoms with van der Waals surface area (Å²) in [5.41, 5.74) is 10.4. The molecule has 7 heteroatoms. The van der Waals surface area contributed by atoms with Gasteiger partial charge in [0.05, 0.1) is 17.0 Å². The fourth-order valence-corrected chi connectivity index (χ4v) is 4.47. The van der Waals surface area contributed by atoms with Crippen LogP contribution in [0.15, 0.2) is 59.2 Å². The lowest BCUT2D eigenvalue weighted by molar-refractivity contribution is -0.129. The maximum Gasteiger partial charge on any atom is 0.266 e. The van der Waals surface area contributed by atoms with Gasteiger partial charge >= 0.3 is 0 Å². The quantitative estimate of drug-likeness (QED) is 0.746. The van der Waals surface area contributed by atoms with Crippen LogP contribution >= 0.6 is 11.3 Å². The zero-order valence-electron chi connectivity index (χ0n) is 15.3. The minimum atomic E-state index is -1.20. The Morgan fingerprint density at radius 3 is 2.82 bits per heavy atom. The van der Waals surface area contributed by atoms with Crippen molar-refractivity contribution in [3.63, 3.8) is 0 Å². The summed E-state index contributed by atoms with van der Waals surface area (Å²) in [7, 11) is 1.66. The number of benzene rings is 2. The van der Waals surface area contributed by atoms with Gasteiger partial charge in [-0.25, -0.2) is 4.99 Å². The molecule has 5 rings (SSSR count). The lowest BCUT2D eigenvalue weighted by Gasteiger charge is -2.27. The van der Waals surface area contributed by atoms with Crippen molar-refractivity contribution in [1.82, 2.24) is 9.88 Å². The third kappa shape index (κ3) is 2.36. The fraction of sp³-hybridized carbons (Fsp3) is 0.190. The molecule has 3 heterocycles. The first-order valence-electron chi connectivity index (χ1n) is 8.99. The molecule has 1 unspecified atom stereocenters. The summed E-state index contributed by atoms with van der Waals surface area (Å²) in [6.07, 6.45) is 2.65. The minimum absolute atomic E-state index is 0.162. The summed E-state index contributed by atoms with van der Waals surface area (Å²) in [6.45, 7) is 0.659. The van der Waals surface area contributed by atoms with Gasteiger partial charge < -0.3 is 10.5 Å². The Morgan fingerprint density at radius 1 is 1.21 bits per heavy atom. The molecule has 140 valence electrons. The van der Waals surface area contributed by atoms with Crippen LogP contribution < -0.4 is 10.5 Å². The summed E-state index contributed by atoms with van der Waals surface area (Å²) >= 11 is 1.56. The largest absolute Gasteiger partial charge is 0.493 e. The topological polar surface area (TPSA) is 80.8 Å². The molecule has 1 aromatic heterocycles. The molecule has 1 atom stereocenters. The number of ether oxygens (including phenoxy) is 1. The number of fused-ring (bicyclic) bond motifs is 1. The van der Waals surface area contributed by atoms with E-state index in [1.165, 1.54) is 4.90 Å². The molecule has 0 radical (unpaired) electrons. The molecule has 2 aliphatic heterocycles. The number of guanidine groups is 1. The number of thiazole rings is 1. The predicted octanol–water partition coefficient (Wildman–Crippen LogP) is 2.78. The van der Waals surface area contributed by atoms with Crippen LogP contribution in [0.2, 0.25) is 0 Å². The molecule has 0 bridgehead atoms. The molecule has 0 spiro atoms. The van der Waals surface area contributed by atoms with Gasteiger partial charge in [-0.15, -0.1) is 11.3 Å². The highest BCUT2D eigenvalue weighted by atomic mass is 32.1. The van der Waals surface area contributed by atoms with E-state index in [0.29, 0.717) is 6.61 Å². The van der Waals surface area contributed by atoms with Crippen molar-refractivity contribution in [2.75, 3.05) is 13.7 Å². The van der Waals surface area contributed by atoms with E-state index in [1.54, 1.807) is 23.9 Å². The number of hydrogen-bond acceptors (Lipinski definition) is 6. The smallest absolute Gasteiger partial charge is 0.266 e. The van der Waals surface area contributed by atoms with Crippen LogP contribution in [0.3, 0.4) is 0 Å². The Labute approximate surface area is 166 Å². The Balaban J connectivity index is 1.73. The van der Waals surface area contributed by atoms with E-state index < -0.39 is 5.54 Å². The molecule has 1 amide bonds. The third-order valence-corrected chi connectivity index (χ3v) is 6.17. The number of carbonyl (C=O) groups excluding carboxylic acids is 1. The lowest BCUT2D eigenvalue weighted by atomic mass is 9.81. The fourth-order valence-electron chi connectivity index (χ4n) is 3.85. The molecule has 0 saturated heterocycles. The number of rotatable bonds is 3. The van der Waals surface area contributed by atoms with Crippen LogP contribution in [-0.4, -0.2) is 35.4 Å². The first-order chi connectivity index (χ1) is 13.6. The van der Waals surface area contributed by atoms with Crippen molar-refractivity contribution >= 4 is 23.2 Å². The minimum Gasteiger partial charge on any atom is -0.493 e. The summed E-state index contributed by atoms with van der Waals surface area (Å²) < 4.78 is 5.63. The van der Waals surface area contributed by atoms with E-state index in [0.717, 1.165) is 39.3 Å². The predicted molar refractivity (Wildman–Crippen MR) is 108 cm³/mol. The summed E-state index contributed by atoms with van der Waals surface area (Å²) in [4.78, 5) is 24.7. The van der Waals surface area contributed by atoms with Crippen LogP contribution in [0.1, 0.15) is 16.7 Å². The third-order valence-electron chi connectivity index (χ3n) is 5.34. The highest BCUT2D eigenvalue weighted by Gasteiger charge is 2.49. The van der Waals surface area contributed by atoms with Gasteiger partial charge in [0.1, 0.15) is 5.75 Å². The molecule has 28 heavy (non-hydrogen) atoms. The maximum absolute atomic E-state index is 13.4. The van der Waals surface area contributed by atoms with Gasteiger partial charge in [0.15, 0.2) is 11.5 Å². The molecule has 2 aromatic carbocycles. The highest BCUT2D eigenvalue weighted by Crippen LogP contribution is 2.42. The van der Waals surface area contributed by atoms with Gasteiger partial charge in [0.25, 0.3) is 5.91 Å². The Kier molecular flexibility index (Phi) is 3.73. The van der Waals surface area contributed by atoms with E-state index in [9.17, 15) is 4.79 Å². The van der Waals surface area contributed by atoms with Crippen molar-refractivity contribution in [2.45, 2.75) is 12.0 Å². The Bertz CT molecular complexity index is 1110. The second kappa shape index (κ2) is 6.17. The monoisotopic (exact) mass is 390 g/mol. The van der Waals surface area contributed by atoms with Gasteiger partial charge in [-0.2, -0.15) is 0 Å². The molecule has 2 N–H and O–H groups in total. The van der Waals surface area contributed by atoms with Crippen molar-refractivity contribution in [3.05, 3.63) is 70.9 Å². The molecule has 2 aliphatic rings. The number of amides is 1. The lowest BCUT2D eigenvalue weighted by Crippen LogP contribution is -2.41. The average molecular weight is 390 g/mol. The number of nitrogens with two attached hydrogens (primary N) is 1. The van der Waals surface area contributed by atoms with E-state index in [-0.39, 0.29) is 11.9 Å². The van der Waals surface area contributed by atoms with Crippen LogP contribution in [0, 0.1) is 0 Å². The molecular weight excluding hydrogens is 372 g/mol. The second-order valence-electron chi connectivity index (χ2n) is 6.91. The first-order valence-corrected chi connectivity index (χ1v) is 9.86. The molecular formula is C21H18N4O2S. The number of hydrogen-bond donors (Lipinski definition) is 1. The zero-order valence-corrected chi connectivity index (χ0v) is 16.1. The SMILES string of the molecule is CN1C(=O)C(c2cccc(-c3cncs3)c2)(c2ccc3c(c2)CCO3)N=C1N. The molecule has 0 fully saturated rings. The standard InChI is InChI=1S/C21H18N4O2S/c1-25-19(26)21(24-20(25)22,16-5-6-17-13(9-16)7-8-27-17)15-4-2-3-14(10-15)18-11-23-12-28-18/h2-6,9-12H,7-8H2,1H3,(H2,22,24). The number of carbonyl (C=O) groups is 1. The first kappa shape index (κ1) is 16.9. The maximum atomic E-state index is 13.4. The van der Waals surface area contributed by atoms with Crippen molar-refractivity contribution in [2.24, 2.45) is 10.7 Å². The van der Waals surface area contributed by atoms with E-state index in [1.807, 2.05) is 48.7 Å². The van der Waals surface area contributed by atoms with Gasteiger partial charge in [0, 0.05) is 19.7 Å². The highest BCUT2D eigenvalue weighted by molar-refractivity contribution is 7.13. The number of likely N-dealkylation sites (N-methyl/N-ethyl adjacent to an activating group) is 1. The van der Waals surface area contributed by atoms with Crippen molar-refractivity contribution in [3.8, 4) is 16.2 Å². The summed E-state index contributed by atoms with van der Waals surface area (Å²) in [6, 6.07) is 13.8. The van der Waals surface area contributed by atoms with Gasteiger partial charge in [-0.05, 0) is 40.5 Å². The van der Waals surface area contributed by atoms with E-state index in [4.69, 9.17) is 10.5 Å². The average Bonchev–Trinajstić information content (AvgIpc) is 3.45. The van der Waals surface area contributed by atoms with Crippen LogP contribution in [0.5, 0.6) is 5.75 Å². The van der Waals surface area contributed by atoms with Gasteiger partial charge in [-0.1, -0.05) is 24.3 Å². The van der Waals surface area contributed by atoms with Gasteiger partial charge in [0.2, 0.25) is 0 Å². The van der Waals surface area contributed by atoms with Crippen LogP contribution in [0.4, 0.5) is 0 Å². The summed E-state index contributed by atoms with van der Waals surface area (Å²) in [5, 5.41) is 0. The number of nitrogens with zero attached hydrogens (tertiary/aromatic N) is 3. The normalized spacial score (nSPS) is 20.8. The van der Waals surface area contributed by atoms with Crippen LogP contribution in [0.25, 0.3) is 10.4 Å². The Hall–Kier alpha value is -3.19. The molecule has 0 saturated carbocycles. The number of aromatic nitrogens is 1. The molecule has 0 aliphatic carbocycles. The second-order valence-corrected chi connectivity index (χ2v) is 7.80. The van der Waals surface area contributed by atoms with E-state index in [2.05, 4.69) is 9.98 Å². The van der Waals surface area contributed by atoms with Crippen LogP contribution in [-0.2, 0) is 16.8 Å². The number of aliphatic imine (C=N–C) groups is 1. The molecule has 3 aromatic rings. The van der Waals surface area contributed by atoms with Gasteiger partial charge in [-0.3, -0.25) is 14.7 Å². The summed E-state index contributed by atoms with van der Waals surface area (Å²) in [5.74, 6) is 0.920. The van der Waals surface area contributed by atoms with E-state index >= 15 is 0 Å². The zero-order chi connectivity index (χ0) is 19.3. The van der Waals surface area contributed by atoms with Crippen molar-refractivity contribution in [1.29, 1.82) is 0 Å². The molecule has 6 nitrogen and oxygen atoms in total.